The second kappa shape index (κ2) is 7.18. The van der Waals surface area contributed by atoms with E-state index in [4.69, 9.17) is 0 Å². The molecule has 0 spiro atoms. The van der Waals surface area contributed by atoms with Crippen LogP contribution in [0.3, 0.4) is 0 Å². The molecule has 1 N–H and O–H groups in total. The first-order valence-electron chi connectivity index (χ1n) is 7.99. The van der Waals surface area contributed by atoms with Gasteiger partial charge in [0.25, 0.3) is 0 Å². The highest BCUT2D eigenvalue weighted by atomic mass is 32.2. The third-order valence-corrected chi connectivity index (χ3v) is 7.18. The van der Waals surface area contributed by atoms with Crippen molar-refractivity contribution >= 4 is 31.6 Å². The number of carbonyl (C=O) groups excluding carboxylic acids is 1. The number of hydrogen-bond donors (Lipinski definition) is 1. The molecule has 2 aromatic rings. The van der Waals surface area contributed by atoms with Crippen molar-refractivity contribution in [3.8, 4) is 0 Å². The van der Waals surface area contributed by atoms with Gasteiger partial charge in [-0.3, -0.25) is 4.79 Å². The van der Waals surface area contributed by atoms with Crippen LogP contribution in [0.1, 0.15) is 12.0 Å². The van der Waals surface area contributed by atoms with Gasteiger partial charge in [0.2, 0.25) is 26.0 Å². The van der Waals surface area contributed by atoms with Crippen molar-refractivity contribution < 1.29 is 21.6 Å². The van der Waals surface area contributed by atoms with Crippen LogP contribution in [0.15, 0.2) is 59.5 Å². The maximum absolute atomic E-state index is 12.3. The maximum Gasteiger partial charge on any atom is 0.242 e. The summed E-state index contributed by atoms with van der Waals surface area (Å²) in [5.74, 6) is -0.742. The fraction of sp³-hybridized carbons (Fsp3) is 0.235. The highest BCUT2D eigenvalue weighted by molar-refractivity contribution is 7.94. The predicted molar refractivity (Wildman–Crippen MR) is 97.7 cm³/mol. The van der Waals surface area contributed by atoms with Crippen molar-refractivity contribution in [2.75, 3.05) is 16.6 Å². The average molecular weight is 394 g/mol. The molecule has 0 saturated carbocycles. The lowest BCUT2D eigenvalue weighted by Gasteiger charge is -2.15. The molecule has 1 amide bonds. The van der Waals surface area contributed by atoms with Crippen LogP contribution < -0.4 is 9.03 Å². The van der Waals surface area contributed by atoms with Gasteiger partial charge in [0, 0.05) is 13.0 Å². The number of benzene rings is 2. The van der Waals surface area contributed by atoms with E-state index in [2.05, 4.69) is 4.72 Å². The van der Waals surface area contributed by atoms with Gasteiger partial charge in [0.15, 0.2) is 0 Å². The molecule has 0 atom stereocenters. The number of rotatable bonds is 6. The average Bonchev–Trinajstić information content (AvgIpc) is 2.89. The third kappa shape index (κ3) is 3.95. The molecule has 0 radical (unpaired) electrons. The van der Waals surface area contributed by atoms with Crippen molar-refractivity contribution in [1.82, 2.24) is 4.72 Å². The zero-order chi connectivity index (χ0) is 18.8. The first-order chi connectivity index (χ1) is 12.3. The van der Waals surface area contributed by atoms with Gasteiger partial charge in [-0.25, -0.2) is 25.9 Å². The summed E-state index contributed by atoms with van der Waals surface area (Å²) >= 11 is 0. The van der Waals surface area contributed by atoms with Crippen molar-refractivity contribution in [3.05, 3.63) is 60.2 Å². The normalized spacial score (nSPS) is 16.8. The minimum atomic E-state index is -3.72. The minimum absolute atomic E-state index is 0.0124. The number of hydrogen-bond acceptors (Lipinski definition) is 5. The lowest BCUT2D eigenvalue weighted by atomic mass is 10.2. The topological polar surface area (TPSA) is 101 Å². The zero-order valence-corrected chi connectivity index (χ0v) is 15.5. The number of anilines is 1. The molecule has 2 aromatic carbocycles. The van der Waals surface area contributed by atoms with Gasteiger partial charge in [-0.1, -0.05) is 30.3 Å². The Labute approximate surface area is 152 Å². The molecule has 0 bridgehead atoms. The van der Waals surface area contributed by atoms with E-state index in [1.54, 1.807) is 0 Å². The van der Waals surface area contributed by atoms with E-state index in [-0.39, 0.29) is 29.3 Å². The molecule has 1 heterocycles. The summed E-state index contributed by atoms with van der Waals surface area (Å²) in [6.45, 7) is 0.243. The van der Waals surface area contributed by atoms with E-state index in [1.165, 1.54) is 24.3 Å². The van der Waals surface area contributed by atoms with E-state index in [1.807, 2.05) is 30.3 Å². The number of carbonyl (C=O) groups is 1. The molecular weight excluding hydrogens is 376 g/mol. The van der Waals surface area contributed by atoms with Gasteiger partial charge in [-0.2, -0.15) is 0 Å². The Hall–Kier alpha value is -2.23. The van der Waals surface area contributed by atoms with Crippen molar-refractivity contribution in [2.45, 2.75) is 17.7 Å². The Balaban J connectivity index is 1.70. The Morgan fingerprint density at radius 1 is 1.00 bits per heavy atom. The summed E-state index contributed by atoms with van der Waals surface area (Å²) < 4.78 is 51.7. The molecule has 138 valence electrons. The second-order valence-electron chi connectivity index (χ2n) is 5.85. The van der Waals surface area contributed by atoms with Crippen molar-refractivity contribution in [3.63, 3.8) is 0 Å². The van der Waals surface area contributed by atoms with Gasteiger partial charge in [-0.05, 0) is 36.2 Å². The highest BCUT2D eigenvalue weighted by Crippen LogP contribution is 2.26. The monoisotopic (exact) mass is 394 g/mol. The van der Waals surface area contributed by atoms with Crippen LogP contribution >= 0.6 is 0 Å². The van der Waals surface area contributed by atoms with E-state index >= 15 is 0 Å². The minimum Gasteiger partial charge on any atom is -0.273 e. The first-order valence-corrected chi connectivity index (χ1v) is 11.1. The lowest BCUT2D eigenvalue weighted by molar-refractivity contribution is -0.116. The van der Waals surface area contributed by atoms with E-state index in [0.717, 1.165) is 9.87 Å². The molecule has 26 heavy (non-hydrogen) atoms. The standard InChI is InChI=1S/C17H18N2O5S2/c20-17-11-13-25(21,22)19(17)15-6-8-16(9-7-15)26(23,24)18-12-10-14-4-2-1-3-5-14/h1-9,18H,10-13H2. The summed E-state index contributed by atoms with van der Waals surface area (Å²) in [5, 5.41) is 0. The van der Waals surface area contributed by atoms with E-state index < -0.39 is 26.0 Å². The molecular formula is C17H18N2O5S2. The number of sulfonamides is 2. The zero-order valence-electron chi connectivity index (χ0n) is 13.8. The highest BCUT2D eigenvalue weighted by Gasteiger charge is 2.36. The van der Waals surface area contributed by atoms with Crippen LogP contribution in [0.4, 0.5) is 5.69 Å². The largest absolute Gasteiger partial charge is 0.273 e. The molecule has 1 saturated heterocycles. The summed E-state index contributed by atoms with van der Waals surface area (Å²) in [6.07, 6.45) is 0.488. The number of nitrogens with one attached hydrogen (secondary N) is 1. The smallest absolute Gasteiger partial charge is 0.242 e. The first kappa shape index (κ1) is 18.6. The molecule has 0 unspecified atom stereocenters. The SMILES string of the molecule is O=C1CCS(=O)(=O)N1c1ccc(S(=O)(=O)NCCc2ccccc2)cc1. The fourth-order valence-electron chi connectivity index (χ4n) is 2.69. The predicted octanol–water partition coefficient (Wildman–Crippen LogP) is 1.27. The van der Waals surface area contributed by atoms with Gasteiger partial charge >= 0.3 is 0 Å². The van der Waals surface area contributed by atoms with Gasteiger partial charge < -0.3 is 0 Å². The van der Waals surface area contributed by atoms with Crippen LogP contribution in [0.25, 0.3) is 0 Å². The van der Waals surface area contributed by atoms with Crippen LogP contribution in [-0.4, -0.2) is 35.0 Å². The Morgan fingerprint density at radius 2 is 1.65 bits per heavy atom. The van der Waals surface area contributed by atoms with Gasteiger partial charge in [0.1, 0.15) is 0 Å². The molecule has 1 aliphatic heterocycles. The number of nitrogens with zero attached hydrogens (tertiary/aromatic N) is 1. The van der Waals surface area contributed by atoms with Crippen LogP contribution in [0.5, 0.6) is 0 Å². The Bertz CT molecular complexity index is 1000. The molecule has 1 fully saturated rings. The lowest BCUT2D eigenvalue weighted by Crippen LogP contribution is -2.29. The quantitative estimate of drug-likeness (QED) is 0.795. The Kier molecular flexibility index (Phi) is 5.12. The molecule has 9 heteroatoms. The maximum atomic E-state index is 12.3. The summed E-state index contributed by atoms with van der Waals surface area (Å²) in [4.78, 5) is 11.8. The van der Waals surface area contributed by atoms with Crippen molar-refractivity contribution in [1.29, 1.82) is 0 Å². The summed E-state index contributed by atoms with van der Waals surface area (Å²) in [6, 6.07) is 14.7. The third-order valence-electron chi connectivity index (χ3n) is 4.01. The number of amides is 1. The second-order valence-corrected chi connectivity index (χ2v) is 9.56. The van der Waals surface area contributed by atoms with Gasteiger partial charge in [0.05, 0.1) is 16.3 Å². The molecule has 3 rings (SSSR count). The van der Waals surface area contributed by atoms with E-state index in [0.29, 0.717) is 6.42 Å². The summed E-state index contributed by atoms with van der Waals surface area (Å²) in [7, 11) is -7.38. The molecule has 1 aliphatic rings. The van der Waals surface area contributed by atoms with Crippen LogP contribution in [-0.2, 0) is 31.3 Å². The molecule has 7 nitrogen and oxygen atoms in total. The van der Waals surface area contributed by atoms with Crippen molar-refractivity contribution in [2.24, 2.45) is 0 Å². The molecule has 0 aromatic heterocycles. The van der Waals surface area contributed by atoms with Gasteiger partial charge in [-0.15, -0.1) is 0 Å². The van der Waals surface area contributed by atoms with E-state index in [9.17, 15) is 21.6 Å². The molecule has 0 aliphatic carbocycles. The summed E-state index contributed by atoms with van der Waals surface area (Å²) in [5.41, 5.74) is 1.17. The van der Waals surface area contributed by atoms with Crippen LogP contribution in [0.2, 0.25) is 0 Å². The Morgan fingerprint density at radius 3 is 2.23 bits per heavy atom. The van der Waals surface area contributed by atoms with Crippen LogP contribution in [0, 0.1) is 0 Å². The fourth-order valence-corrected chi connectivity index (χ4v) is 5.18.